The van der Waals surface area contributed by atoms with Gasteiger partial charge in [0, 0.05) is 25.2 Å². The van der Waals surface area contributed by atoms with Crippen LogP contribution < -0.4 is 5.73 Å². The van der Waals surface area contributed by atoms with E-state index in [4.69, 9.17) is 10.5 Å². The minimum atomic E-state index is 0.308. The number of hydrogen-bond acceptors (Lipinski definition) is 3. The Kier molecular flexibility index (Phi) is 3.10. The zero-order valence-electron chi connectivity index (χ0n) is 9.28. The first-order valence-corrected chi connectivity index (χ1v) is 5.72. The molecule has 4 unspecified atom stereocenters. The maximum Gasteiger partial charge on any atom is 0.0636 e. The third-order valence-electron chi connectivity index (χ3n) is 3.74. The van der Waals surface area contributed by atoms with Crippen LogP contribution in [-0.2, 0) is 4.74 Å². The molecule has 2 aliphatic rings. The molecule has 1 saturated heterocycles. The monoisotopic (exact) mass is 198 g/mol. The van der Waals surface area contributed by atoms with Crippen molar-refractivity contribution in [1.82, 2.24) is 4.90 Å². The minimum Gasteiger partial charge on any atom is -0.380 e. The Morgan fingerprint density at radius 3 is 2.79 bits per heavy atom. The summed E-state index contributed by atoms with van der Waals surface area (Å²) in [5.41, 5.74) is 6.09. The van der Waals surface area contributed by atoms with E-state index in [1.807, 2.05) is 0 Å². The van der Waals surface area contributed by atoms with Crippen molar-refractivity contribution in [2.24, 2.45) is 17.6 Å². The molecule has 4 atom stereocenters. The number of nitrogens with zero attached hydrogens (tertiary/aromatic N) is 1. The van der Waals surface area contributed by atoms with Crippen LogP contribution in [-0.4, -0.2) is 43.8 Å². The average Bonchev–Trinajstić information content (AvgIpc) is 2.82. The summed E-state index contributed by atoms with van der Waals surface area (Å²) in [5, 5.41) is 0. The normalized spacial score (nSPS) is 42.9. The second kappa shape index (κ2) is 4.17. The predicted molar refractivity (Wildman–Crippen MR) is 57.1 cm³/mol. The van der Waals surface area contributed by atoms with Gasteiger partial charge in [0.25, 0.3) is 0 Å². The van der Waals surface area contributed by atoms with Crippen LogP contribution in [0.2, 0.25) is 0 Å². The van der Waals surface area contributed by atoms with Crippen LogP contribution in [0.3, 0.4) is 0 Å². The Balaban J connectivity index is 1.80. The molecule has 2 fully saturated rings. The number of hydrogen-bond donors (Lipinski definition) is 1. The molecule has 0 aromatic rings. The first-order valence-electron chi connectivity index (χ1n) is 5.72. The van der Waals surface area contributed by atoms with Crippen LogP contribution in [0.4, 0.5) is 0 Å². The quantitative estimate of drug-likeness (QED) is 0.725. The molecule has 1 aliphatic heterocycles. The van der Waals surface area contributed by atoms with E-state index in [9.17, 15) is 0 Å². The van der Waals surface area contributed by atoms with Gasteiger partial charge in [-0.15, -0.1) is 0 Å². The first kappa shape index (κ1) is 10.4. The highest BCUT2D eigenvalue weighted by atomic mass is 16.5. The van der Waals surface area contributed by atoms with Gasteiger partial charge in [0.15, 0.2) is 0 Å². The molecule has 2 rings (SSSR count). The number of rotatable bonds is 3. The highest BCUT2D eigenvalue weighted by molar-refractivity contribution is 4.89. The van der Waals surface area contributed by atoms with Crippen LogP contribution in [0, 0.1) is 11.8 Å². The fraction of sp³-hybridized carbons (Fsp3) is 1.00. The largest absolute Gasteiger partial charge is 0.380 e. The first-order chi connectivity index (χ1) is 6.68. The van der Waals surface area contributed by atoms with Crippen LogP contribution in [0.15, 0.2) is 0 Å². The molecule has 1 heterocycles. The summed E-state index contributed by atoms with van der Waals surface area (Å²) in [6.45, 7) is 5.18. The molecular weight excluding hydrogens is 176 g/mol. The van der Waals surface area contributed by atoms with Crippen LogP contribution in [0.1, 0.15) is 19.8 Å². The second-order valence-electron chi connectivity index (χ2n) is 5.01. The lowest BCUT2D eigenvalue weighted by atomic mass is 10.0. The van der Waals surface area contributed by atoms with Gasteiger partial charge in [0.05, 0.1) is 6.61 Å². The van der Waals surface area contributed by atoms with Crippen molar-refractivity contribution in [3.63, 3.8) is 0 Å². The second-order valence-corrected chi connectivity index (χ2v) is 5.01. The van der Waals surface area contributed by atoms with E-state index < -0.39 is 0 Å². The van der Waals surface area contributed by atoms with Crippen LogP contribution in [0.25, 0.3) is 0 Å². The Morgan fingerprint density at radius 2 is 2.21 bits per heavy atom. The van der Waals surface area contributed by atoms with E-state index in [0.717, 1.165) is 31.5 Å². The molecular formula is C11H22N2O. The molecule has 0 aromatic heterocycles. The lowest BCUT2D eigenvalue weighted by molar-refractivity contribution is 0.0136. The molecule has 82 valence electrons. The van der Waals surface area contributed by atoms with Crippen molar-refractivity contribution in [3.8, 4) is 0 Å². The van der Waals surface area contributed by atoms with Gasteiger partial charge in [-0.3, -0.25) is 4.90 Å². The van der Waals surface area contributed by atoms with Crippen molar-refractivity contribution in [2.45, 2.75) is 31.8 Å². The lowest BCUT2D eigenvalue weighted by Gasteiger charge is -2.35. The number of likely N-dealkylation sites (N-methyl/N-ethyl adjacent to an activating group) is 1. The topological polar surface area (TPSA) is 38.5 Å². The predicted octanol–water partition coefficient (Wildman–Crippen LogP) is 0.690. The molecule has 3 nitrogen and oxygen atoms in total. The zero-order chi connectivity index (χ0) is 10.1. The fourth-order valence-electron chi connectivity index (χ4n) is 2.35. The van der Waals surface area contributed by atoms with Crippen molar-refractivity contribution < 1.29 is 4.74 Å². The third kappa shape index (κ3) is 2.27. The molecule has 0 aromatic carbocycles. The molecule has 1 saturated carbocycles. The SMILES string of the molecule is CC1CC1CN(C)C1COCCC1N. The smallest absolute Gasteiger partial charge is 0.0636 e. The minimum absolute atomic E-state index is 0.308. The highest BCUT2D eigenvalue weighted by Gasteiger charge is 2.36. The van der Waals surface area contributed by atoms with Gasteiger partial charge in [0.2, 0.25) is 0 Å². The van der Waals surface area contributed by atoms with Gasteiger partial charge in [-0.05, 0) is 31.7 Å². The Hall–Kier alpha value is -0.120. The van der Waals surface area contributed by atoms with Gasteiger partial charge in [-0.1, -0.05) is 6.92 Å². The summed E-state index contributed by atoms with van der Waals surface area (Å²) >= 11 is 0. The summed E-state index contributed by atoms with van der Waals surface area (Å²) in [6, 6.07) is 0.749. The Labute approximate surface area is 86.6 Å². The number of nitrogens with two attached hydrogens (primary N) is 1. The summed E-state index contributed by atoms with van der Waals surface area (Å²) in [5.74, 6) is 1.84. The summed E-state index contributed by atoms with van der Waals surface area (Å²) in [4.78, 5) is 2.40. The van der Waals surface area contributed by atoms with E-state index in [1.165, 1.54) is 13.0 Å². The van der Waals surface area contributed by atoms with Crippen molar-refractivity contribution >= 4 is 0 Å². The van der Waals surface area contributed by atoms with Crippen LogP contribution in [0.5, 0.6) is 0 Å². The van der Waals surface area contributed by atoms with Crippen molar-refractivity contribution in [3.05, 3.63) is 0 Å². The van der Waals surface area contributed by atoms with Gasteiger partial charge >= 0.3 is 0 Å². The van der Waals surface area contributed by atoms with Crippen LogP contribution >= 0.6 is 0 Å². The molecule has 3 heteroatoms. The molecule has 1 aliphatic carbocycles. The molecule has 14 heavy (non-hydrogen) atoms. The van der Waals surface area contributed by atoms with E-state index >= 15 is 0 Å². The average molecular weight is 198 g/mol. The maximum absolute atomic E-state index is 6.09. The van der Waals surface area contributed by atoms with E-state index in [0.29, 0.717) is 12.1 Å². The van der Waals surface area contributed by atoms with E-state index in [-0.39, 0.29) is 0 Å². The zero-order valence-corrected chi connectivity index (χ0v) is 9.28. The highest BCUT2D eigenvalue weighted by Crippen LogP contribution is 2.38. The molecule has 0 bridgehead atoms. The van der Waals surface area contributed by atoms with E-state index in [1.54, 1.807) is 0 Å². The standard InChI is InChI=1S/C11H22N2O/c1-8-5-9(8)6-13(2)11-7-14-4-3-10(11)12/h8-11H,3-7,12H2,1-2H3. The van der Waals surface area contributed by atoms with E-state index in [2.05, 4.69) is 18.9 Å². The van der Waals surface area contributed by atoms with Gasteiger partial charge in [-0.25, -0.2) is 0 Å². The summed E-state index contributed by atoms with van der Waals surface area (Å²) < 4.78 is 5.48. The summed E-state index contributed by atoms with van der Waals surface area (Å²) in [6.07, 6.45) is 2.41. The molecule has 0 radical (unpaired) electrons. The maximum atomic E-state index is 6.09. The third-order valence-corrected chi connectivity index (χ3v) is 3.74. The van der Waals surface area contributed by atoms with Gasteiger partial charge in [0.1, 0.15) is 0 Å². The lowest BCUT2D eigenvalue weighted by Crippen LogP contribution is -2.52. The molecule has 0 amide bonds. The number of ether oxygens (including phenoxy) is 1. The molecule has 2 N–H and O–H groups in total. The van der Waals surface area contributed by atoms with Gasteiger partial charge in [-0.2, -0.15) is 0 Å². The van der Waals surface area contributed by atoms with Crippen molar-refractivity contribution in [2.75, 3.05) is 26.8 Å². The van der Waals surface area contributed by atoms with Crippen molar-refractivity contribution in [1.29, 1.82) is 0 Å². The molecule has 0 spiro atoms. The van der Waals surface area contributed by atoms with Gasteiger partial charge < -0.3 is 10.5 Å². The Morgan fingerprint density at radius 1 is 1.50 bits per heavy atom. The fourth-order valence-corrected chi connectivity index (χ4v) is 2.35. The summed E-state index contributed by atoms with van der Waals surface area (Å²) in [7, 11) is 2.18. The Bertz CT molecular complexity index is 198.